The second-order valence-corrected chi connectivity index (χ2v) is 5.40. The number of pyridine rings is 1. The lowest BCUT2D eigenvalue weighted by Gasteiger charge is -2.19. The summed E-state index contributed by atoms with van der Waals surface area (Å²) in [7, 11) is 1.97. The van der Waals surface area contributed by atoms with E-state index in [-0.39, 0.29) is 6.04 Å². The van der Waals surface area contributed by atoms with Gasteiger partial charge in [-0.15, -0.1) is 0 Å². The van der Waals surface area contributed by atoms with Crippen LogP contribution in [0.4, 0.5) is 0 Å². The number of halogens is 1. The van der Waals surface area contributed by atoms with Gasteiger partial charge in [0, 0.05) is 10.7 Å². The molecule has 0 saturated carbocycles. The Morgan fingerprint density at radius 2 is 1.94 bits per heavy atom. The standard InChI is InChI=1S/C15H17BrN2/c1-10-4-5-11(2)13(8-10)15(17-3)14-7-6-12(16)9-18-14/h4-9,15,17H,1-3H3. The predicted octanol–water partition coefficient (Wildman–Crippen LogP) is 3.77. The van der Waals surface area contributed by atoms with Crippen molar-refractivity contribution in [2.75, 3.05) is 7.05 Å². The van der Waals surface area contributed by atoms with Crippen LogP contribution in [0.5, 0.6) is 0 Å². The van der Waals surface area contributed by atoms with Gasteiger partial charge in [-0.25, -0.2) is 0 Å². The molecule has 0 radical (unpaired) electrons. The first-order valence-electron chi connectivity index (χ1n) is 5.97. The number of hydrogen-bond acceptors (Lipinski definition) is 2. The van der Waals surface area contributed by atoms with Crippen LogP contribution in [0.25, 0.3) is 0 Å². The largest absolute Gasteiger partial charge is 0.308 e. The molecule has 18 heavy (non-hydrogen) atoms. The maximum atomic E-state index is 4.49. The van der Waals surface area contributed by atoms with Crippen molar-refractivity contribution in [1.82, 2.24) is 10.3 Å². The van der Waals surface area contributed by atoms with E-state index in [9.17, 15) is 0 Å². The molecule has 94 valence electrons. The predicted molar refractivity (Wildman–Crippen MR) is 78.8 cm³/mol. The minimum absolute atomic E-state index is 0.137. The summed E-state index contributed by atoms with van der Waals surface area (Å²) in [5, 5.41) is 3.34. The Hall–Kier alpha value is -1.19. The van der Waals surface area contributed by atoms with E-state index in [0.717, 1.165) is 10.2 Å². The van der Waals surface area contributed by atoms with Crippen molar-refractivity contribution >= 4 is 15.9 Å². The zero-order valence-electron chi connectivity index (χ0n) is 10.9. The summed E-state index contributed by atoms with van der Waals surface area (Å²) in [6, 6.07) is 10.7. The molecule has 0 aliphatic carbocycles. The van der Waals surface area contributed by atoms with Crippen LogP contribution in [0.15, 0.2) is 41.0 Å². The van der Waals surface area contributed by atoms with E-state index >= 15 is 0 Å². The molecule has 0 fully saturated rings. The Balaban J connectivity index is 2.44. The zero-order valence-corrected chi connectivity index (χ0v) is 12.5. The van der Waals surface area contributed by atoms with Crippen LogP contribution in [-0.2, 0) is 0 Å². The van der Waals surface area contributed by atoms with Gasteiger partial charge in [0.25, 0.3) is 0 Å². The Labute approximate surface area is 117 Å². The molecule has 0 aliphatic heterocycles. The Morgan fingerprint density at radius 1 is 1.17 bits per heavy atom. The Bertz CT molecular complexity index is 535. The molecule has 3 heteroatoms. The molecule has 0 bridgehead atoms. The monoisotopic (exact) mass is 304 g/mol. The second kappa shape index (κ2) is 5.63. The van der Waals surface area contributed by atoms with Crippen molar-refractivity contribution in [3.63, 3.8) is 0 Å². The highest BCUT2D eigenvalue weighted by Gasteiger charge is 2.15. The molecule has 2 aromatic rings. The first-order valence-corrected chi connectivity index (χ1v) is 6.77. The number of nitrogens with one attached hydrogen (secondary N) is 1. The summed E-state index contributed by atoms with van der Waals surface area (Å²) in [5.74, 6) is 0. The third-order valence-electron chi connectivity index (χ3n) is 3.08. The summed E-state index contributed by atoms with van der Waals surface area (Å²) in [5.41, 5.74) is 4.87. The van der Waals surface area contributed by atoms with E-state index in [2.05, 4.69) is 58.3 Å². The number of hydrogen-bond donors (Lipinski definition) is 1. The smallest absolute Gasteiger partial charge is 0.0751 e. The van der Waals surface area contributed by atoms with Gasteiger partial charge in [0.05, 0.1) is 11.7 Å². The average molecular weight is 305 g/mol. The van der Waals surface area contributed by atoms with Crippen molar-refractivity contribution in [3.05, 3.63) is 63.4 Å². The fraction of sp³-hybridized carbons (Fsp3) is 0.267. The average Bonchev–Trinajstić information content (AvgIpc) is 2.37. The van der Waals surface area contributed by atoms with Crippen molar-refractivity contribution in [2.45, 2.75) is 19.9 Å². The number of aromatic nitrogens is 1. The van der Waals surface area contributed by atoms with Crippen molar-refractivity contribution in [3.8, 4) is 0 Å². The van der Waals surface area contributed by atoms with Crippen LogP contribution >= 0.6 is 15.9 Å². The zero-order chi connectivity index (χ0) is 13.1. The van der Waals surface area contributed by atoms with E-state index in [0.29, 0.717) is 0 Å². The molecule has 1 unspecified atom stereocenters. The van der Waals surface area contributed by atoms with Gasteiger partial charge in [-0.2, -0.15) is 0 Å². The van der Waals surface area contributed by atoms with Crippen molar-refractivity contribution < 1.29 is 0 Å². The molecular weight excluding hydrogens is 288 g/mol. The molecule has 1 N–H and O–H groups in total. The topological polar surface area (TPSA) is 24.9 Å². The molecule has 2 rings (SSSR count). The van der Waals surface area contributed by atoms with Gasteiger partial charge < -0.3 is 5.32 Å². The number of rotatable bonds is 3. The number of aryl methyl sites for hydroxylation is 2. The van der Waals surface area contributed by atoms with E-state index in [1.54, 1.807) is 0 Å². The number of benzene rings is 1. The molecule has 0 saturated heterocycles. The molecule has 2 nitrogen and oxygen atoms in total. The van der Waals surface area contributed by atoms with Gasteiger partial charge in [0.1, 0.15) is 0 Å². The summed E-state index contributed by atoms with van der Waals surface area (Å²) in [6.45, 7) is 4.25. The van der Waals surface area contributed by atoms with Gasteiger partial charge in [0.15, 0.2) is 0 Å². The maximum absolute atomic E-state index is 4.49. The third kappa shape index (κ3) is 2.79. The van der Waals surface area contributed by atoms with Crippen molar-refractivity contribution in [1.29, 1.82) is 0 Å². The lowest BCUT2D eigenvalue weighted by Crippen LogP contribution is -2.19. The lowest BCUT2D eigenvalue weighted by atomic mass is 9.96. The fourth-order valence-corrected chi connectivity index (χ4v) is 2.33. The molecule has 0 amide bonds. The fourth-order valence-electron chi connectivity index (χ4n) is 2.09. The molecule has 1 heterocycles. The van der Waals surface area contributed by atoms with Crippen molar-refractivity contribution in [2.24, 2.45) is 0 Å². The summed E-state index contributed by atoms with van der Waals surface area (Å²) < 4.78 is 1.00. The molecule has 1 atom stereocenters. The summed E-state index contributed by atoms with van der Waals surface area (Å²) >= 11 is 3.42. The summed E-state index contributed by atoms with van der Waals surface area (Å²) in [4.78, 5) is 4.49. The third-order valence-corrected chi connectivity index (χ3v) is 3.55. The first-order chi connectivity index (χ1) is 8.61. The van der Waals surface area contributed by atoms with E-state index in [1.807, 2.05) is 25.4 Å². The normalized spacial score (nSPS) is 12.4. The van der Waals surface area contributed by atoms with Gasteiger partial charge in [-0.05, 0) is 60.1 Å². The minimum Gasteiger partial charge on any atom is -0.308 e. The van der Waals surface area contributed by atoms with Gasteiger partial charge in [-0.1, -0.05) is 23.8 Å². The highest BCUT2D eigenvalue weighted by molar-refractivity contribution is 9.10. The SMILES string of the molecule is CNC(c1ccc(Br)cn1)c1cc(C)ccc1C. The summed E-state index contributed by atoms with van der Waals surface area (Å²) in [6.07, 6.45) is 1.84. The van der Waals surface area contributed by atoms with Crippen LogP contribution < -0.4 is 5.32 Å². The second-order valence-electron chi connectivity index (χ2n) is 4.48. The van der Waals surface area contributed by atoms with E-state index < -0.39 is 0 Å². The Morgan fingerprint density at radius 3 is 2.56 bits per heavy atom. The number of nitrogens with zero attached hydrogens (tertiary/aromatic N) is 1. The molecule has 1 aromatic carbocycles. The van der Waals surface area contributed by atoms with Crippen LogP contribution in [0.1, 0.15) is 28.4 Å². The Kier molecular flexibility index (Phi) is 4.15. The van der Waals surface area contributed by atoms with Crippen LogP contribution in [0.3, 0.4) is 0 Å². The highest BCUT2D eigenvalue weighted by atomic mass is 79.9. The highest BCUT2D eigenvalue weighted by Crippen LogP contribution is 2.25. The first kappa shape index (κ1) is 13.2. The van der Waals surface area contributed by atoms with Gasteiger partial charge in [0.2, 0.25) is 0 Å². The van der Waals surface area contributed by atoms with Gasteiger partial charge in [-0.3, -0.25) is 4.98 Å². The van der Waals surface area contributed by atoms with Gasteiger partial charge >= 0.3 is 0 Å². The van der Waals surface area contributed by atoms with E-state index in [1.165, 1.54) is 16.7 Å². The molecule has 0 aliphatic rings. The van der Waals surface area contributed by atoms with Crippen LogP contribution in [0.2, 0.25) is 0 Å². The molecular formula is C15H17BrN2. The molecule has 1 aromatic heterocycles. The van der Waals surface area contributed by atoms with Crippen LogP contribution in [0, 0.1) is 13.8 Å². The lowest BCUT2D eigenvalue weighted by molar-refractivity contribution is 0.666. The molecule has 0 spiro atoms. The van der Waals surface area contributed by atoms with Crippen LogP contribution in [-0.4, -0.2) is 12.0 Å². The van der Waals surface area contributed by atoms with E-state index in [4.69, 9.17) is 0 Å². The maximum Gasteiger partial charge on any atom is 0.0751 e. The quantitative estimate of drug-likeness (QED) is 0.933. The minimum atomic E-state index is 0.137.